The number of hydrogen-bond donors (Lipinski definition) is 0. The number of hydrogen-bond acceptors (Lipinski definition) is 1. The number of nitrogens with zero attached hydrogens (tertiary/aromatic N) is 1. The maximum atomic E-state index is 2.44. The van der Waals surface area contributed by atoms with Gasteiger partial charge >= 0.3 is 0 Å². The maximum Gasteiger partial charge on any atom is 0.0406 e. The van der Waals surface area contributed by atoms with Gasteiger partial charge in [0.2, 0.25) is 0 Å². The second-order valence-electron chi connectivity index (χ2n) is 5.97. The van der Waals surface area contributed by atoms with Crippen molar-refractivity contribution in [3.05, 3.63) is 28.8 Å². The second kappa shape index (κ2) is 3.51. The Morgan fingerprint density at radius 2 is 1.75 bits per heavy atom. The van der Waals surface area contributed by atoms with E-state index in [2.05, 4.69) is 58.7 Å². The van der Waals surface area contributed by atoms with Crippen LogP contribution in [0, 0.1) is 13.8 Å². The van der Waals surface area contributed by atoms with Crippen molar-refractivity contribution in [3.63, 3.8) is 0 Å². The zero-order valence-electron chi connectivity index (χ0n) is 11.4. The summed E-state index contributed by atoms with van der Waals surface area (Å²) in [6, 6.07) is 4.73. The lowest BCUT2D eigenvalue weighted by molar-refractivity contribution is 0.395. The fourth-order valence-corrected chi connectivity index (χ4v) is 2.83. The van der Waals surface area contributed by atoms with Crippen molar-refractivity contribution >= 4 is 5.69 Å². The smallest absolute Gasteiger partial charge is 0.0406 e. The second-order valence-corrected chi connectivity index (χ2v) is 5.97. The summed E-state index contributed by atoms with van der Waals surface area (Å²) in [5, 5.41) is 0. The third-order valence-electron chi connectivity index (χ3n) is 4.25. The molecule has 0 amide bonds. The molecule has 2 rings (SSSR count). The topological polar surface area (TPSA) is 3.24 Å². The van der Waals surface area contributed by atoms with Crippen LogP contribution in [-0.4, -0.2) is 12.6 Å². The molecular weight excluding hydrogens is 194 g/mol. The van der Waals surface area contributed by atoms with Crippen LogP contribution in [0.1, 0.15) is 49.8 Å². The van der Waals surface area contributed by atoms with Gasteiger partial charge < -0.3 is 4.90 Å². The fraction of sp³-hybridized carbons (Fsp3) is 0.600. The molecule has 1 unspecified atom stereocenters. The lowest BCUT2D eigenvalue weighted by Crippen LogP contribution is -2.45. The lowest BCUT2D eigenvalue weighted by atomic mass is 9.79. The van der Waals surface area contributed by atoms with Crippen LogP contribution in [0.5, 0.6) is 0 Å². The molecule has 0 fully saturated rings. The summed E-state index contributed by atoms with van der Waals surface area (Å²) in [6.45, 7) is 11.4. The van der Waals surface area contributed by atoms with Gasteiger partial charge in [-0.25, -0.2) is 0 Å². The molecule has 1 heteroatoms. The molecule has 0 radical (unpaired) electrons. The van der Waals surface area contributed by atoms with Crippen molar-refractivity contribution in [2.75, 3.05) is 11.9 Å². The highest BCUT2D eigenvalue weighted by Gasteiger charge is 2.34. The highest BCUT2D eigenvalue weighted by Crippen LogP contribution is 2.43. The molecule has 1 aliphatic rings. The predicted octanol–water partition coefficient (Wildman–Crippen LogP) is 4.03. The molecule has 0 bridgehead atoms. The molecular formula is C15H23N. The third-order valence-corrected chi connectivity index (χ3v) is 4.25. The van der Waals surface area contributed by atoms with Crippen LogP contribution in [0.15, 0.2) is 12.1 Å². The first-order valence-corrected chi connectivity index (χ1v) is 6.18. The molecule has 0 spiro atoms. The molecule has 1 atom stereocenters. The third kappa shape index (κ3) is 1.63. The molecule has 1 aliphatic heterocycles. The minimum atomic E-state index is 0.272. The average Bonchev–Trinajstić information content (AvgIpc) is 2.17. The Kier molecular flexibility index (Phi) is 2.52. The van der Waals surface area contributed by atoms with Crippen LogP contribution >= 0.6 is 0 Å². The first-order chi connectivity index (χ1) is 7.33. The number of benzene rings is 1. The Balaban J connectivity index is 2.60. The van der Waals surface area contributed by atoms with Gasteiger partial charge in [-0.15, -0.1) is 0 Å². The van der Waals surface area contributed by atoms with Crippen LogP contribution in [0.3, 0.4) is 0 Å². The van der Waals surface area contributed by atoms with Gasteiger partial charge in [0.1, 0.15) is 0 Å². The number of fused-ring (bicyclic) bond motifs is 1. The minimum Gasteiger partial charge on any atom is -0.369 e. The van der Waals surface area contributed by atoms with Crippen molar-refractivity contribution < 1.29 is 0 Å². The maximum absolute atomic E-state index is 2.44. The van der Waals surface area contributed by atoms with Gasteiger partial charge in [0, 0.05) is 18.3 Å². The van der Waals surface area contributed by atoms with E-state index in [1.165, 1.54) is 28.8 Å². The van der Waals surface area contributed by atoms with Crippen molar-refractivity contribution in [3.8, 4) is 0 Å². The molecule has 0 aliphatic carbocycles. The zero-order valence-corrected chi connectivity index (χ0v) is 11.4. The Labute approximate surface area is 99.5 Å². The van der Waals surface area contributed by atoms with E-state index >= 15 is 0 Å². The molecule has 1 aromatic rings. The largest absolute Gasteiger partial charge is 0.369 e. The number of aryl methyl sites for hydroxylation is 2. The summed E-state index contributed by atoms with van der Waals surface area (Å²) < 4.78 is 0. The Morgan fingerprint density at radius 3 is 2.38 bits per heavy atom. The molecule has 1 heterocycles. The molecule has 1 nitrogen and oxygen atoms in total. The van der Waals surface area contributed by atoms with Crippen molar-refractivity contribution in [2.24, 2.45) is 0 Å². The van der Waals surface area contributed by atoms with E-state index < -0.39 is 0 Å². The summed E-state index contributed by atoms with van der Waals surface area (Å²) in [4.78, 5) is 2.44. The Hall–Kier alpha value is -0.980. The van der Waals surface area contributed by atoms with Crippen molar-refractivity contribution in [1.82, 2.24) is 0 Å². The summed E-state index contributed by atoms with van der Waals surface area (Å²) in [5.41, 5.74) is 6.03. The van der Waals surface area contributed by atoms with E-state index in [4.69, 9.17) is 0 Å². The van der Waals surface area contributed by atoms with Gasteiger partial charge in [-0.3, -0.25) is 0 Å². The van der Waals surface area contributed by atoms with Crippen LogP contribution < -0.4 is 4.90 Å². The number of rotatable bonds is 0. The summed E-state index contributed by atoms with van der Waals surface area (Å²) in [6.07, 6.45) is 1.24. The first kappa shape index (κ1) is 11.5. The molecule has 0 saturated carbocycles. The van der Waals surface area contributed by atoms with Crippen LogP contribution in [0.25, 0.3) is 0 Å². The van der Waals surface area contributed by atoms with Gasteiger partial charge in [-0.1, -0.05) is 13.0 Å². The molecule has 0 aromatic heterocycles. The lowest BCUT2D eigenvalue weighted by Gasteiger charge is -2.45. The molecule has 16 heavy (non-hydrogen) atoms. The highest BCUT2D eigenvalue weighted by molar-refractivity contribution is 5.61. The van der Waals surface area contributed by atoms with Crippen LogP contribution in [0.4, 0.5) is 5.69 Å². The zero-order chi connectivity index (χ0) is 12.1. The van der Waals surface area contributed by atoms with Crippen molar-refractivity contribution in [2.45, 2.75) is 52.5 Å². The van der Waals surface area contributed by atoms with E-state index in [1.54, 1.807) is 0 Å². The molecule has 0 N–H and O–H groups in total. The van der Waals surface area contributed by atoms with Gasteiger partial charge in [0.05, 0.1) is 0 Å². The van der Waals surface area contributed by atoms with Gasteiger partial charge in [0.25, 0.3) is 0 Å². The number of anilines is 1. The van der Waals surface area contributed by atoms with E-state index in [9.17, 15) is 0 Å². The summed E-state index contributed by atoms with van der Waals surface area (Å²) in [5.74, 6) is 0.667. The van der Waals surface area contributed by atoms with Crippen LogP contribution in [-0.2, 0) is 0 Å². The molecule has 0 saturated heterocycles. The summed E-state index contributed by atoms with van der Waals surface area (Å²) in [7, 11) is 2.22. The quantitative estimate of drug-likeness (QED) is 0.634. The Morgan fingerprint density at radius 1 is 1.19 bits per heavy atom. The fourth-order valence-electron chi connectivity index (χ4n) is 2.83. The predicted molar refractivity (Wildman–Crippen MR) is 71.4 cm³/mol. The van der Waals surface area contributed by atoms with E-state index in [1.807, 2.05) is 0 Å². The van der Waals surface area contributed by atoms with Gasteiger partial charge in [-0.2, -0.15) is 0 Å². The monoisotopic (exact) mass is 217 g/mol. The average molecular weight is 217 g/mol. The SMILES string of the molecule is Cc1cc2c(cc1C)N(C)C(C)(C)CC2C. The van der Waals surface area contributed by atoms with E-state index in [-0.39, 0.29) is 5.54 Å². The standard InChI is InChI=1S/C15H23N/c1-10-7-13-12(3)9-15(4,5)16(6)14(13)8-11(10)2/h7-8,12H,9H2,1-6H3. The van der Waals surface area contributed by atoms with Crippen LogP contribution in [0.2, 0.25) is 0 Å². The van der Waals surface area contributed by atoms with Gasteiger partial charge in [-0.05, 0) is 62.8 Å². The van der Waals surface area contributed by atoms with E-state index in [0.29, 0.717) is 5.92 Å². The molecule has 1 aromatic carbocycles. The normalized spacial score (nSPS) is 23.1. The summed E-state index contributed by atoms with van der Waals surface area (Å²) >= 11 is 0. The highest BCUT2D eigenvalue weighted by atomic mass is 15.2. The Bertz CT molecular complexity index is 418. The minimum absolute atomic E-state index is 0.272. The van der Waals surface area contributed by atoms with E-state index in [0.717, 1.165) is 0 Å². The first-order valence-electron chi connectivity index (χ1n) is 6.18. The molecule has 88 valence electrons. The van der Waals surface area contributed by atoms with Gasteiger partial charge in [0.15, 0.2) is 0 Å². The van der Waals surface area contributed by atoms with Crippen molar-refractivity contribution in [1.29, 1.82) is 0 Å².